The SMILES string of the molecule is Cc1nsc(Sc2nc(N)cn3ccnc23)n1. The third-order valence-electron chi connectivity index (χ3n) is 2.05. The molecule has 3 aromatic rings. The van der Waals surface area contributed by atoms with E-state index in [-0.39, 0.29) is 0 Å². The van der Waals surface area contributed by atoms with Crippen molar-refractivity contribution in [2.75, 3.05) is 5.73 Å². The van der Waals surface area contributed by atoms with Gasteiger partial charge in [0.05, 0.1) is 6.20 Å². The first-order valence-electron chi connectivity index (χ1n) is 4.80. The van der Waals surface area contributed by atoms with E-state index in [0.717, 1.165) is 20.8 Å². The van der Waals surface area contributed by atoms with E-state index in [1.165, 1.54) is 23.3 Å². The van der Waals surface area contributed by atoms with Gasteiger partial charge in [-0.3, -0.25) is 0 Å². The standard InChI is InChI=1S/C9H8N6S2/c1-5-12-9(17-14-5)16-8-7-11-2-3-15(7)4-6(10)13-8/h2-4H,10H2,1H3. The zero-order chi connectivity index (χ0) is 11.8. The summed E-state index contributed by atoms with van der Waals surface area (Å²) in [4.78, 5) is 12.8. The van der Waals surface area contributed by atoms with Gasteiger partial charge >= 0.3 is 0 Å². The van der Waals surface area contributed by atoms with Crippen molar-refractivity contribution in [3.8, 4) is 0 Å². The number of nitrogens with two attached hydrogens (primary N) is 1. The van der Waals surface area contributed by atoms with Crippen molar-refractivity contribution in [3.63, 3.8) is 0 Å². The van der Waals surface area contributed by atoms with Crippen LogP contribution in [-0.4, -0.2) is 23.7 Å². The van der Waals surface area contributed by atoms with Gasteiger partial charge in [-0.2, -0.15) is 4.37 Å². The maximum absolute atomic E-state index is 5.74. The van der Waals surface area contributed by atoms with E-state index in [0.29, 0.717) is 5.82 Å². The minimum atomic E-state index is 0.458. The second-order valence-electron chi connectivity index (χ2n) is 3.34. The molecule has 6 nitrogen and oxygen atoms in total. The van der Waals surface area contributed by atoms with Gasteiger partial charge in [-0.05, 0) is 30.2 Å². The van der Waals surface area contributed by atoms with Crippen molar-refractivity contribution in [2.45, 2.75) is 16.3 Å². The number of nitrogen functional groups attached to an aromatic ring is 1. The Bertz CT molecular complexity index is 673. The molecule has 3 aromatic heterocycles. The zero-order valence-electron chi connectivity index (χ0n) is 8.86. The van der Waals surface area contributed by atoms with Gasteiger partial charge in [-0.15, -0.1) is 0 Å². The lowest BCUT2D eigenvalue weighted by molar-refractivity contribution is 1.04. The van der Waals surface area contributed by atoms with Gasteiger partial charge in [0.25, 0.3) is 0 Å². The Morgan fingerprint density at radius 3 is 3.06 bits per heavy atom. The summed E-state index contributed by atoms with van der Waals surface area (Å²) < 4.78 is 6.81. The summed E-state index contributed by atoms with van der Waals surface area (Å²) in [5, 5.41) is 0.742. The minimum Gasteiger partial charge on any atom is -0.382 e. The van der Waals surface area contributed by atoms with Crippen LogP contribution in [0.25, 0.3) is 5.65 Å². The molecule has 86 valence electrons. The van der Waals surface area contributed by atoms with Gasteiger partial charge in [-0.1, -0.05) is 0 Å². The molecule has 0 aromatic carbocycles. The van der Waals surface area contributed by atoms with Crippen LogP contribution in [0.2, 0.25) is 0 Å². The van der Waals surface area contributed by atoms with E-state index in [1.807, 2.05) is 17.5 Å². The zero-order valence-corrected chi connectivity index (χ0v) is 10.5. The lowest BCUT2D eigenvalue weighted by Crippen LogP contribution is -1.97. The van der Waals surface area contributed by atoms with Crippen LogP contribution >= 0.6 is 23.3 Å². The van der Waals surface area contributed by atoms with E-state index >= 15 is 0 Å². The van der Waals surface area contributed by atoms with Crippen LogP contribution in [0.1, 0.15) is 5.82 Å². The van der Waals surface area contributed by atoms with Crippen molar-refractivity contribution in [2.24, 2.45) is 0 Å². The number of hydrogen-bond donors (Lipinski definition) is 1. The number of aryl methyl sites for hydroxylation is 1. The third-order valence-corrected chi connectivity index (χ3v) is 3.86. The molecule has 0 fully saturated rings. The molecule has 0 saturated carbocycles. The average molecular weight is 264 g/mol. The summed E-state index contributed by atoms with van der Waals surface area (Å²) in [5.41, 5.74) is 6.51. The Morgan fingerprint density at radius 1 is 1.41 bits per heavy atom. The Balaban J connectivity index is 2.07. The van der Waals surface area contributed by atoms with E-state index in [2.05, 4.69) is 19.3 Å². The van der Waals surface area contributed by atoms with Gasteiger partial charge in [0.15, 0.2) is 9.99 Å². The number of aromatic nitrogens is 5. The van der Waals surface area contributed by atoms with Crippen molar-refractivity contribution < 1.29 is 0 Å². The molecule has 0 saturated heterocycles. The Kier molecular flexibility index (Phi) is 2.45. The maximum atomic E-state index is 5.74. The topological polar surface area (TPSA) is 82.0 Å². The molecule has 0 bridgehead atoms. The summed E-state index contributed by atoms with van der Waals surface area (Å²) >= 11 is 2.77. The van der Waals surface area contributed by atoms with Crippen LogP contribution in [0.3, 0.4) is 0 Å². The van der Waals surface area contributed by atoms with Crippen molar-refractivity contribution in [1.82, 2.24) is 23.7 Å². The van der Waals surface area contributed by atoms with Crippen LogP contribution in [0.4, 0.5) is 5.82 Å². The summed E-state index contributed by atoms with van der Waals surface area (Å²) in [6, 6.07) is 0. The highest BCUT2D eigenvalue weighted by atomic mass is 32.2. The predicted molar refractivity (Wildman–Crippen MR) is 66.2 cm³/mol. The first-order chi connectivity index (χ1) is 8.22. The highest BCUT2D eigenvalue weighted by molar-refractivity contribution is 8.01. The fraction of sp³-hybridized carbons (Fsp3) is 0.111. The number of hydrogen-bond acceptors (Lipinski definition) is 7. The van der Waals surface area contributed by atoms with Gasteiger partial charge < -0.3 is 10.1 Å². The highest BCUT2D eigenvalue weighted by Gasteiger charge is 2.10. The number of imidazole rings is 1. The molecule has 0 aliphatic heterocycles. The molecule has 0 aliphatic carbocycles. The van der Waals surface area contributed by atoms with Gasteiger partial charge in [0.2, 0.25) is 0 Å². The fourth-order valence-electron chi connectivity index (χ4n) is 1.39. The lowest BCUT2D eigenvalue weighted by atomic mass is 10.6. The van der Waals surface area contributed by atoms with Crippen LogP contribution in [0, 0.1) is 6.92 Å². The van der Waals surface area contributed by atoms with Crippen LogP contribution in [-0.2, 0) is 0 Å². The van der Waals surface area contributed by atoms with E-state index in [1.54, 1.807) is 12.4 Å². The van der Waals surface area contributed by atoms with Crippen molar-refractivity contribution >= 4 is 34.8 Å². The molecule has 3 rings (SSSR count). The van der Waals surface area contributed by atoms with Crippen LogP contribution in [0.15, 0.2) is 28.0 Å². The highest BCUT2D eigenvalue weighted by Crippen LogP contribution is 2.30. The third kappa shape index (κ3) is 1.96. The molecular formula is C9H8N6S2. The number of rotatable bonds is 2. The quantitative estimate of drug-likeness (QED) is 0.757. The van der Waals surface area contributed by atoms with Crippen LogP contribution in [0.5, 0.6) is 0 Å². The Hall–Kier alpha value is -1.67. The molecule has 0 atom stereocenters. The summed E-state index contributed by atoms with van der Waals surface area (Å²) in [6.07, 6.45) is 5.28. The van der Waals surface area contributed by atoms with Gasteiger partial charge in [0, 0.05) is 12.4 Å². The fourth-order valence-corrected chi connectivity index (χ4v) is 3.06. The Morgan fingerprint density at radius 2 is 2.29 bits per heavy atom. The Labute approximate surface area is 105 Å². The molecule has 2 N–H and O–H groups in total. The second-order valence-corrected chi connectivity index (χ2v) is 5.33. The number of anilines is 1. The van der Waals surface area contributed by atoms with Gasteiger partial charge in [0.1, 0.15) is 16.7 Å². The molecular weight excluding hydrogens is 256 g/mol. The maximum Gasteiger partial charge on any atom is 0.176 e. The number of fused-ring (bicyclic) bond motifs is 1. The lowest BCUT2D eigenvalue weighted by Gasteiger charge is -2.01. The summed E-state index contributed by atoms with van der Waals surface area (Å²) in [7, 11) is 0. The molecule has 0 spiro atoms. The summed E-state index contributed by atoms with van der Waals surface area (Å²) in [5.74, 6) is 1.22. The summed E-state index contributed by atoms with van der Waals surface area (Å²) in [6.45, 7) is 1.86. The normalized spacial score (nSPS) is 11.1. The van der Waals surface area contributed by atoms with Crippen molar-refractivity contribution in [3.05, 3.63) is 24.4 Å². The monoisotopic (exact) mass is 264 g/mol. The van der Waals surface area contributed by atoms with Gasteiger partial charge in [-0.25, -0.2) is 15.0 Å². The minimum absolute atomic E-state index is 0.458. The smallest absolute Gasteiger partial charge is 0.176 e. The predicted octanol–water partition coefficient (Wildman–Crippen LogP) is 1.62. The largest absolute Gasteiger partial charge is 0.382 e. The molecule has 0 unspecified atom stereocenters. The molecule has 0 amide bonds. The number of nitrogens with zero attached hydrogens (tertiary/aromatic N) is 5. The van der Waals surface area contributed by atoms with Crippen molar-refractivity contribution in [1.29, 1.82) is 0 Å². The van der Waals surface area contributed by atoms with E-state index in [9.17, 15) is 0 Å². The first kappa shape index (κ1) is 10.5. The molecule has 17 heavy (non-hydrogen) atoms. The van der Waals surface area contributed by atoms with E-state index in [4.69, 9.17) is 5.73 Å². The molecule has 0 radical (unpaired) electrons. The van der Waals surface area contributed by atoms with Crippen LogP contribution < -0.4 is 5.73 Å². The second kappa shape index (κ2) is 3.97. The average Bonchev–Trinajstić information content (AvgIpc) is 2.87. The van der Waals surface area contributed by atoms with E-state index < -0.39 is 0 Å². The molecule has 8 heteroatoms. The molecule has 0 aliphatic rings. The first-order valence-corrected chi connectivity index (χ1v) is 6.39. The molecule has 3 heterocycles.